The van der Waals surface area contributed by atoms with Gasteiger partial charge >= 0.3 is 5.97 Å². The van der Waals surface area contributed by atoms with Gasteiger partial charge in [0.15, 0.2) is 6.10 Å². The summed E-state index contributed by atoms with van der Waals surface area (Å²) in [6.07, 6.45) is 6.27. The highest BCUT2D eigenvalue weighted by Crippen LogP contribution is 2.63. The number of hydrogen-bond acceptors (Lipinski definition) is 3. The van der Waals surface area contributed by atoms with Crippen molar-refractivity contribution in [2.24, 2.45) is 23.7 Å². The predicted octanol–water partition coefficient (Wildman–Crippen LogP) is 1.65. The van der Waals surface area contributed by atoms with Gasteiger partial charge in [0.05, 0.1) is 0 Å². The summed E-state index contributed by atoms with van der Waals surface area (Å²) in [7, 11) is 0. The maximum Gasteiger partial charge on any atom is 0.330 e. The van der Waals surface area contributed by atoms with Gasteiger partial charge in [-0.05, 0) is 30.8 Å². The molecule has 0 aromatic carbocycles. The highest BCUT2D eigenvalue weighted by atomic mass is 16.6. The topological polar surface area (TPSA) is 38.8 Å². The number of carbonyl (C=O) groups is 1. The van der Waals surface area contributed by atoms with Crippen LogP contribution in [0.25, 0.3) is 0 Å². The van der Waals surface area contributed by atoms with Gasteiger partial charge in [0.2, 0.25) is 0 Å². The van der Waals surface area contributed by atoms with Crippen molar-refractivity contribution in [3.63, 3.8) is 0 Å². The summed E-state index contributed by atoms with van der Waals surface area (Å²) < 4.78 is 10.9. The first-order chi connectivity index (χ1) is 7.78. The lowest BCUT2D eigenvalue weighted by atomic mass is 9.79. The van der Waals surface area contributed by atoms with Crippen LogP contribution in [0.2, 0.25) is 0 Å². The van der Waals surface area contributed by atoms with E-state index in [1.54, 1.807) is 0 Å². The van der Waals surface area contributed by atoms with Crippen molar-refractivity contribution in [1.82, 2.24) is 0 Å². The third kappa shape index (κ3) is 0.963. The van der Waals surface area contributed by atoms with Gasteiger partial charge in [-0.25, -0.2) is 4.79 Å². The fraction of sp³-hybridized carbons (Fsp3) is 0.615. The van der Waals surface area contributed by atoms with Crippen molar-refractivity contribution < 1.29 is 14.3 Å². The Bertz CT molecular complexity index is 411. The molecule has 0 aromatic rings. The number of esters is 1. The van der Waals surface area contributed by atoms with Crippen molar-refractivity contribution in [3.05, 3.63) is 24.5 Å². The second-order valence-electron chi connectivity index (χ2n) is 5.34. The maximum absolute atomic E-state index is 11.2. The van der Waals surface area contributed by atoms with E-state index in [1.807, 2.05) is 0 Å². The number of rotatable bonds is 2. The zero-order chi connectivity index (χ0) is 10.9. The lowest BCUT2D eigenvalue weighted by Gasteiger charge is -2.30. The molecule has 3 heteroatoms. The molecule has 0 radical (unpaired) electrons. The molecular formula is C13H14O3. The maximum atomic E-state index is 11.2. The molecular weight excluding hydrogens is 204 g/mol. The van der Waals surface area contributed by atoms with Crippen molar-refractivity contribution in [2.75, 3.05) is 0 Å². The van der Waals surface area contributed by atoms with Crippen molar-refractivity contribution in [2.45, 2.75) is 25.0 Å². The minimum absolute atomic E-state index is 0.105. The van der Waals surface area contributed by atoms with Crippen LogP contribution in [0.5, 0.6) is 0 Å². The number of ether oxygens (including phenoxy) is 2. The monoisotopic (exact) mass is 218 g/mol. The molecule has 4 rings (SSSR count). The Kier molecular flexibility index (Phi) is 1.50. The number of hydrogen-bond donors (Lipinski definition) is 0. The largest absolute Gasteiger partial charge is 0.483 e. The molecule has 1 saturated heterocycles. The average molecular weight is 218 g/mol. The van der Waals surface area contributed by atoms with E-state index in [4.69, 9.17) is 9.47 Å². The molecule has 1 aliphatic heterocycles. The Labute approximate surface area is 94.1 Å². The molecule has 2 bridgehead atoms. The lowest BCUT2D eigenvalue weighted by molar-refractivity contribution is -0.147. The van der Waals surface area contributed by atoms with Crippen LogP contribution in [0.1, 0.15) is 12.8 Å². The number of epoxide rings is 1. The molecule has 0 aromatic heterocycles. The Morgan fingerprint density at radius 3 is 3.25 bits per heavy atom. The van der Waals surface area contributed by atoms with Crippen LogP contribution in [0.4, 0.5) is 0 Å². The van der Waals surface area contributed by atoms with E-state index in [1.165, 1.54) is 18.3 Å². The normalized spacial score (nSPS) is 50.1. The van der Waals surface area contributed by atoms with E-state index >= 15 is 0 Å². The fourth-order valence-electron chi connectivity index (χ4n) is 4.10. The molecule has 2 saturated carbocycles. The van der Waals surface area contributed by atoms with Crippen LogP contribution in [0, 0.1) is 23.7 Å². The standard InChI is InChI=1S/C13H14O3/c1-2-11(14)15-9-4-6-3-8(9)12-7(6)5-10-13(12)16-10/h2,5-9,12-13H,1,3-4H2. The molecule has 3 fully saturated rings. The van der Waals surface area contributed by atoms with Crippen molar-refractivity contribution in [1.29, 1.82) is 0 Å². The fourth-order valence-corrected chi connectivity index (χ4v) is 4.10. The lowest BCUT2D eigenvalue weighted by Crippen LogP contribution is -2.34. The second kappa shape index (κ2) is 2.70. The Hall–Kier alpha value is -1.25. The second-order valence-corrected chi connectivity index (χ2v) is 5.34. The van der Waals surface area contributed by atoms with Gasteiger partial charge in [-0.3, -0.25) is 0 Å². The summed E-state index contributed by atoms with van der Waals surface area (Å²) in [6, 6.07) is 0. The summed E-state index contributed by atoms with van der Waals surface area (Å²) in [4.78, 5) is 11.2. The number of fused-ring (bicyclic) bond motifs is 7. The highest BCUT2D eigenvalue weighted by molar-refractivity contribution is 5.81. The first kappa shape index (κ1) is 8.85. The van der Waals surface area contributed by atoms with Gasteiger partial charge < -0.3 is 9.47 Å². The van der Waals surface area contributed by atoms with E-state index in [0.29, 0.717) is 29.8 Å². The molecule has 3 nitrogen and oxygen atoms in total. The van der Waals surface area contributed by atoms with Gasteiger partial charge in [0, 0.05) is 17.9 Å². The van der Waals surface area contributed by atoms with Crippen LogP contribution in [-0.2, 0) is 14.3 Å². The van der Waals surface area contributed by atoms with E-state index in [0.717, 1.165) is 6.42 Å². The molecule has 6 unspecified atom stereocenters. The van der Waals surface area contributed by atoms with Gasteiger partial charge in [0.1, 0.15) is 11.9 Å². The van der Waals surface area contributed by atoms with E-state index in [-0.39, 0.29) is 12.1 Å². The van der Waals surface area contributed by atoms with Gasteiger partial charge in [-0.15, -0.1) is 0 Å². The zero-order valence-electron chi connectivity index (χ0n) is 8.96. The Morgan fingerprint density at radius 2 is 2.44 bits per heavy atom. The van der Waals surface area contributed by atoms with E-state index in [2.05, 4.69) is 12.7 Å². The summed E-state index contributed by atoms with van der Waals surface area (Å²) in [6.45, 7) is 3.44. The summed E-state index contributed by atoms with van der Waals surface area (Å²) in [5, 5.41) is 0. The van der Waals surface area contributed by atoms with Crippen molar-refractivity contribution >= 4 is 5.97 Å². The first-order valence-electron chi connectivity index (χ1n) is 5.99. The van der Waals surface area contributed by atoms with Crippen LogP contribution in [0.15, 0.2) is 24.5 Å². The highest BCUT2D eigenvalue weighted by Gasteiger charge is 2.64. The number of carbonyl (C=O) groups excluding carboxylic acids is 1. The summed E-state index contributed by atoms with van der Waals surface area (Å²) >= 11 is 0. The molecule has 1 heterocycles. The molecule has 3 aliphatic carbocycles. The van der Waals surface area contributed by atoms with Crippen LogP contribution >= 0.6 is 0 Å². The quantitative estimate of drug-likeness (QED) is 0.402. The molecule has 4 aliphatic rings. The molecule has 6 atom stereocenters. The molecule has 0 spiro atoms. The molecule has 0 N–H and O–H groups in total. The van der Waals surface area contributed by atoms with Gasteiger partial charge in [-0.1, -0.05) is 6.58 Å². The van der Waals surface area contributed by atoms with E-state index < -0.39 is 0 Å². The summed E-state index contributed by atoms with van der Waals surface area (Å²) in [5.41, 5.74) is 0. The predicted molar refractivity (Wildman–Crippen MR) is 56.2 cm³/mol. The van der Waals surface area contributed by atoms with Crippen LogP contribution in [-0.4, -0.2) is 18.2 Å². The Morgan fingerprint density at radius 1 is 1.56 bits per heavy atom. The first-order valence-corrected chi connectivity index (χ1v) is 5.99. The van der Waals surface area contributed by atoms with Gasteiger partial charge in [-0.2, -0.15) is 0 Å². The Balaban J connectivity index is 1.55. The molecule has 16 heavy (non-hydrogen) atoms. The average Bonchev–Trinajstić information content (AvgIpc) is 2.67. The third-order valence-corrected chi connectivity index (χ3v) is 4.70. The smallest absolute Gasteiger partial charge is 0.330 e. The van der Waals surface area contributed by atoms with E-state index in [9.17, 15) is 4.79 Å². The van der Waals surface area contributed by atoms with Crippen LogP contribution < -0.4 is 0 Å². The van der Waals surface area contributed by atoms with Crippen LogP contribution in [0.3, 0.4) is 0 Å². The SMILES string of the molecule is C=CC(=O)OC1CC2CC1C1C3OC3=CC21. The minimum atomic E-state index is -0.281. The molecule has 0 amide bonds. The van der Waals surface area contributed by atoms with Crippen molar-refractivity contribution in [3.8, 4) is 0 Å². The summed E-state index contributed by atoms with van der Waals surface area (Å²) in [5.74, 6) is 3.44. The number of allylic oxidation sites excluding steroid dienone is 1. The van der Waals surface area contributed by atoms with Gasteiger partial charge in [0.25, 0.3) is 0 Å². The zero-order valence-corrected chi connectivity index (χ0v) is 8.96. The molecule has 84 valence electrons. The minimum Gasteiger partial charge on any atom is -0.483 e. The third-order valence-electron chi connectivity index (χ3n) is 4.70.